The van der Waals surface area contributed by atoms with E-state index in [1.54, 1.807) is 42.5 Å². The van der Waals surface area contributed by atoms with Crippen molar-refractivity contribution in [2.45, 2.75) is 27.7 Å². The summed E-state index contributed by atoms with van der Waals surface area (Å²) in [5.41, 5.74) is 4.71. The molecule has 6 heteroatoms. The molecule has 0 spiro atoms. The number of hydrogen-bond donors (Lipinski definition) is 1. The Morgan fingerprint density at radius 3 is 2.47 bits per heavy atom. The van der Waals surface area contributed by atoms with E-state index in [9.17, 15) is 14.9 Å². The third kappa shape index (κ3) is 4.96. The van der Waals surface area contributed by atoms with Gasteiger partial charge in [0.25, 0.3) is 5.91 Å². The van der Waals surface area contributed by atoms with Crippen LogP contribution >= 0.6 is 0 Å². The van der Waals surface area contributed by atoms with E-state index in [0.29, 0.717) is 23.6 Å². The van der Waals surface area contributed by atoms with E-state index in [0.717, 1.165) is 22.6 Å². The Morgan fingerprint density at radius 1 is 1.12 bits per heavy atom. The van der Waals surface area contributed by atoms with Crippen molar-refractivity contribution < 1.29 is 14.3 Å². The Kier molecular flexibility index (Phi) is 6.91. The van der Waals surface area contributed by atoms with Crippen LogP contribution in [0.4, 0.5) is 5.69 Å². The second-order valence-corrected chi connectivity index (χ2v) is 7.35. The van der Waals surface area contributed by atoms with E-state index in [4.69, 9.17) is 4.74 Å². The number of hydrogen-bond acceptors (Lipinski definition) is 4. The van der Waals surface area contributed by atoms with Crippen LogP contribution in [-0.2, 0) is 4.79 Å². The molecule has 0 atom stereocenters. The van der Waals surface area contributed by atoms with E-state index in [2.05, 4.69) is 5.32 Å². The molecule has 0 aliphatic rings. The smallest absolute Gasteiger partial charge is 0.266 e. The molecule has 0 saturated heterocycles. The van der Waals surface area contributed by atoms with Crippen molar-refractivity contribution in [3.05, 3.63) is 82.7 Å². The van der Waals surface area contributed by atoms with Crippen LogP contribution in [0.5, 0.6) is 5.75 Å². The summed E-state index contributed by atoms with van der Waals surface area (Å²) in [5.74, 6) is 0.168. The van der Waals surface area contributed by atoms with Gasteiger partial charge in [0, 0.05) is 34.4 Å². The standard InChI is InChI=1S/C26H25N3O3/c1-5-32-25-8-6-7-23(15-25)28-26(31)22(16-27)14-21-13-17(2)29(18(21)3)24-11-9-20(10-12-24)19(4)30/h6-15H,5H2,1-4H3,(H,28,31)/b22-14-. The molecule has 3 aromatic rings. The van der Waals surface area contributed by atoms with Gasteiger partial charge in [0.15, 0.2) is 5.78 Å². The zero-order valence-corrected chi connectivity index (χ0v) is 18.6. The summed E-state index contributed by atoms with van der Waals surface area (Å²) >= 11 is 0. The average Bonchev–Trinajstić information content (AvgIpc) is 3.05. The van der Waals surface area contributed by atoms with Gasteiger partial charge in [0.2, 0.25) is 0 Å². The normalized spacial score (nSPS) is 11.0. The number of nitriles is 1. The van der Waals surface area contributed by atoms with Gasteiger partial charge in [-0.25, -0.2) is 0 Å². The largest absolute Gasteiger partial charge is 0.494 e. The molecule has 0 unspecified atom stereocenters. The maximum Gasteiger partial charge on any atom is 0.266 e. The molecule has 1 N–H and O–H groups in total. The van der Waals surface area contributed by atoms with Gasteiger partial charge in [-0.2, -0.15) is 5.26 Å². The Morgan fingerprint density at radius 2 is 1.84 bits per heavy atom. The lowest BCUT2D eigenvalue weighted by molar-refractivity contribution is -0.112. The number of Topliss-reactive ketones (excluding diaryl/α,β-unsaturated/α-hetero) is 1. The minimum Gasteiger partial charge on any atom is -0.494 e. The van der Waals surface area contributed by atoms with Crippen LogP contribution in [0.2, 0.25) is 0 Å². The lowest BCUT2D eigenvalue weighted by atomic mass is 10.1. The van der Waals surface area contributed by atoms with E-state index >= 15 is 0 Å². The molecule has 0 bridgehead atoms. The third-order valence-electron chi connectivity index (χ3n) is 5.07. The summed E-state index contributed by atoms with van der Waals surface area (Å²) in [6, 6.07) is 18.3. The minimum atomic E-state index is -0.489. The van der Waals surface area contributed by atoms with E-state index in [1.165, 1.54) is 6.92 Å². The Balaban J connectivity index is 1.88. The first-order valence-electron chi connectivity index (χ1n) is 10.3. The number of benzene rings is 2. The summed E-state index contributed by atoms with van der Waals surface area (Å²) in [6.07, 6.45) is 1.59. The van der Waals surface area contributed by atoms with Gasteiger partial charge in [0.05, 0.1) is 6.61 Å². The Bertz CT molecular complexity index is 1230. The predicted octanol–water partition coefficient (Wildman–Crippen LogP) is 5.24. The molecule has 0 fully saturated rings. The number of nitrogens with one attached hydrogen (secondary N) is 1. The molecule has 2 aromatic carbocycles. The summed E-state index contributed by atoms with van der Waals surface area (Å²) in [6.45, 7) is 7.82. The summed E-state index contributed by atoms with van der Waals surface area (Å²) in [7, 11) is 0. The van der Waals surface area contributed by atoms with Crippen LogP contribution in [-0.4, -0.2) is 22.9 Å². The van der Waals surface area contributed by atoms with Crippen molar-refractivity contribution in [2.24, 2.45) is 0 Å². The molecule has 0 radical (unpaired) electrons. The number of ether oxygens (including phenoxy) is 1. The summed E-state index contributed by atoms with van der Waals surface area (Å²) in [5, 5.41) is 12.4. The number of anilines is 1. The van der Waals surface area contributed by atoms with Gasteiger partial charge in [-0.05, 0) is 81.8 Å². The van der Waals surface area contributed by atoms with Crippen molar-refractivity contribution in [1.29, 1.82) is 5.26 Å². The highest BCUT2D eigenvalue weighted by Gasteiger charge is 2.14. The fourth-order valence-corrected chi connectivity index (χ4v) is 3.51. The number of amides is 1. The second-order valence-electron chi connectivity index (χ2n) is 7.35. The topological polar surface area (TPSA) is 84.1 Å². The van der Waals surface area contributed by atoms with Gasteiger partial charge in [-0.3, -0.25) is 9.59 Å². The highest BCUT2D eigenvalue weighted by atomic mass is 16.5. The molecular formula is C26H25N3O3. The fraction of sp³-hybridized carbons (Fsp3) is 0.192. The summed E-state index contributed by atoms with van der Waals surface area (Å²) in [4.78, 5) is 24.3. The van der Waals surface area contributed by atoms with Crippen molar-refractivity contribution in [2.75, 3.05) is 11.9 Å². The molecule has 32 heavy (non-hydrogen) atoms. The van der Waals surface area contributed by atoms with Crippen LogP contribution in [0, 0.1) is 25.2 Å². The molecule has 6 nitrogen and oxygen atoms in total. The van der Waals surface area contributed by atoms with Gasteiger partial charge in [-0.1, -0.05) is 6.07 Å². The van der Waals surface area contributed by atoms with Crippen LogP contribution in [0.3, 0.4) is 0 Å². The average molecular weight is 428 g/mol. The van der Waals surface area contributed by atoms with E-state index in [1.807, 2.05) is 49.6 Å². The maximum atomic E-state index is 12.7. The highest BCUT2D eigenvalue weighted by molar-refractivity contribution is 6.09. The predicted molar refractivity (Wildman–Crippen MR) is 125 cm³/mol. The number of nitrogens with zero attached hydrogens (tertiary/aromatic N) is 2. The van der Waals surface area contributed by atoms with Crippen LogP contribution in [0.15, 0.2) is 60.2 Å². The third-order valence-corrected chi connectivity index (χ3v) is 5.07. The molecule has 0 aliphatic carbocycles. The molecular weight excluding hydrogens is 402 g/mol. The maximum absolute atomic E-state index is 12.7. The fourth-order valence-electron chi connectivity index (χ4n) is 3.51. The number of carbonyl (C=O) groups excluding carboxylic acids is 2. The van der Waals surface area contributed by atoms with Gasteiger partial charge < -0.3 is 14.6 Å². The first kappa shape index (κ1) is 22.6. The second kappa shape index (κ2) is 9.80. The lowest BCUT2D eigenvalue weighted by Gasteiger charge is -2.10. The molecule has 1 amide bonds. The van der Waals surface area contributed by atoms with Gasteiger partial charge in [-0.15, -0.1) is 0 Å². The van der Waals surface area contributed by atoms with Crippen molar-refractivity contribution in [3.63, 3.8) is 0 Å². The molecule has 3 rings (SSSR count). The lowest BCUT2D eigenvalue weighted by Crippen LogP contribution is -2.13. The first-order chi connectivity index (χ1) is 15.3. The van der Waals surface area contributed by atoms with Crippen molar-refractivity contribution in [1.82, 2.24) is 4.57 Å². The molecule has 0 aliphatic heterocycles. The molecule has 1 aromatic heterocycles. The van der Waals surface area contributed by atoms with Crippen LogP contribution in [0.25, 0.3) is 11.8 Å². The number of ketones is 1. The molecule has 162 valence electrons. The van der Waals surface area contributed by atoms with Crippen molar-refractivity contribution in [3.8, 4) is 17.5 Å². The molecule has 0 saturated carbocycles. The van der Waals surface area contributed by atoms with Gasteiger partial charge >= 0.3 is 0 Å². The van der Waals surface area contributed by atoms with Crippen LogP contribution < -0.4 is 10.1 Å². The zero-order valence-electron chi connectivity index (χ0n) is 18.6. The Labute approximate surface area is 187 Å². The quantitative estimate of drug-likeness (QED) is 0.317. The number of aryl methyl sites for hydroxylation is 1. The number of rotatable bonds is 7. The zero-order chi connectivity index (χ0) is 23.3. The minimum absolute atomic E-state index is 0.000935. The molecule has 1 heterocycles. The van der Waals surface area contributed by atoms with Crippen molar-refractivity contribution >= 4 is 23.5 Å². The number of aromatic nitrogens is 1. The Hall–Kier alpha value is -4.11. The first-order valence-corrected chi connectivity index (χ1v) is 10.3. The highest BCUT2D eigenvalue weighted by Crippen LogP contribution is 2.24. The number of carbonyl (C=O) groups is 2. The summed E-state index contributed by atoms with van der Waals surface area (Å²) < 4.78 is 7.47. The SMILES string of the molecule is CCOc1cccc(NC(=O)/C(C#N)=C\c2cc(C)n(-c3ccc(C(C)=O)cc3)c2C)c1. The van der Waals surface area contributed by atoms with E-state index < -0.39 is 5.91 Å². The monoisotopic (exact) mass is 427 g/mol. The van der Waals surface area contributed by atoms with E-state index in [-0.39, 0.29) is 11.4 Å². The van der Waals surface area contributed by atoms with Gasteiger partial charge in [0.1, 0.15) is 17.4 Å². The van der Waals surface area contributed by atoms with Crippen LogP contribution in [0.1, 0.15) is 41.2 Å².